The second-order valence-corrected chi connectivity index (χ2v) is 7.66. The standard InChI is InChI=1S/C13H20N4O2S2/c1-4-10-5-6-11(20-10)7-15-21(18,19)13-9(2)16-17-12(13)8-14-3/h5-6,14-15H,4,7-8H2,1-3H3,(H,16,17). The number of nitrogens with one attached hydrogen (secondary N) is 3. The van der Waals surface area contributed by atoms with E-state index in [1.807, 2.05) is 12.1 Å². The van der Waals surface area contributed by atoms with Gasteiger partial charge in [-0.05, 0) is 32.5 Å². The Morgan fingerprint density at radius 3 is 2.62 bits per heavy atom. The summed E-state index contributed by atoms with van der Waals surface area (Å²) in [5.41, 5.74) is 1.05. The van der Waals surface area contributed by atoms with Crippen LogP contribution < -0.4 is 10.0 Å². The number of thiophene rings is 1. The average Bonchev–Trinajstić information content (AvgIpc) is 3.04. The van der Waals surface area contributed by atoms with Gasteiger partial charge >= 0.3 is 0 Å². The molecule has 2 aromatic rings. The number of hydrogen-bond acceptors (Lipinski definition) is 5. The molecule has 0 aliphatic heterocycles. The van der Waals surface area contributed by atoms with Gasteiger partial charge in [0.15, 0.2) is 0 Å². The number of hydrogen-bond donors (Lipinski definition) is 3. The van der Waals surface area contributed by atoms with Crippen molar-refractivity contribution in [2.75, 3.05) is 7.05 Å². The number of nitrogens with zero attached hydrogens (tertiary/aromatic N) is 1. The lowest BCUT2D eigenvalue weighted by Gasteiger charge is -2.07. The lowest BCUT2D eigenvalue weighted by molar-refractivity contribution is 0.579. The Balaban J connectivity index is 2.16. The number of aromatic nitrogens is 2. The first kappa shape index (κ1) is 16.2. The normalized spacial score (nSPS) is 12.0. The molecule has 2 heterocycles. The fraction of sp³-hybridized carbons (Fsp3) is 0.462. The molecule has 6 nitrogen and oxygen atoms in total. The second kappa shape index (κ2) is 6.69. The molecule has 0 aromatic carbocycles. The first-order chi connectivity index (χ1) is 9.97. The van der Waals surface area contributed by atoms with E-state index in [-0.39, 0.29) is 4.90 Å². The third-order valence-corrected chi connectivity index (χ3v) is 5.91. The highest BCUT2D eigenvalue weighted by Crippen LogP contribution is 2.20. The van der Waals surface area contributed by atoms with Crippen LogP contribution in [-0.4, -0.2) is 25.7 Å². The smallest absolute Gasteiger partial charge is 0.244 e. The predicted molar refractivity (Wildman–Crippen MR) is 83.8 cm³/mol. The zero-order valence-corrected chi connectivity index (χ0v) is 14.0. The maximum Gasteiger partial charge on any atom is 0.244 e. The molecule has 0 fully saturated rings. The lowest BCUT2D eigenvalue weighted by Crippen LogP contribution is -2.25. The monoisotopic (exact) mass is 328 g/mol. The van der Waals surface area contributed by atoms with Gasteiger partial charge in [-0.1, -0.05) is 6.92 Å². The first-order valence-electron chi connectivity index (χ1n) is 6.73. The van der Waals surface area contributed by atoms with Crippen LogP contribution in [0, 0.1) is 6.92 Å². The molecule has 0 spiro atoms. The minimum absolute atomic E-state index is 0.240. The van der Waals surface area contributed by atoms with Crippen molar-refractivity contribution in [3.63, 3.8) is 0 Å². The molecule has 2 aromatic heterocycles. The van der Waals surface area contributed by atoms with Gasteiger partial charge in [0.25, 0.3) is 0 Å². The minimum Gasteiger partial charge on any atom is -0.314 e. The molecule has 0 bridgehead atoms. The van der Waals surface area contributed by atoms with E-state index in [1.165, 1.54) is 4.88 Å². The minimum atomic E-state index is -3.57. The van der Waals surface area contributed by atoms with Gasteiger partial charge in [0.1, 0.15) is 4.90 Å². The molecular formula is C13H20N4O2S2. The number of sulfonamides is 1. The molecule has 0 atom stereocenters. The van der Waals surface area contributed by atoms with E-state index < -0.39 is 10.0 Å². The summed E-state index contributed by atoms with van der Waals surface area (Å²) in [7, 11) is -1.82. The summed E-state index contributed by atoms with van der Waals surface area (Å²) in [6, 6.07) is 3.99. The van der Waals surface area contributed by atoms with Crippen LogP contribution in [-0.2, 0) is 29.5 Å². The summed E-state index contributed by atoms with van der Waals surface area (Å²) in [6.45, 7) is 4.50. The molecular weight excluding hydrogens is 308 g/mol. The van der Waals surface area contributed by atoms with Gasteiger partial charge in [0.05, 0.1) is 11.4 Å². The molecule has 116 valence electrons. The SMILES string of the molecule is CCc1ccc(CNS(=O)(=O)c2c(CNC)n[nH]c2C)s1. The Morgan fingerprint density at radius 1 is 1.29 bits per heavy atom. The van der Waals surface area contributed by atoms with Crippen LogP contribution in [0.2, 0.25) is 0 Å². The van der Waals surface area contributed by atoms with Crippen LogP contribution in [0.5, 0.6) is 0 Å². The van der Waals surface area contributed by atoms with E-state index in [9.17, 15) is 8.42 Å². The van der Waals surface area contributed by atoms with Crippen LogP contribution in [0.1, 0.15) is 28.1 Å². The molecule has 2 rings (SSSR count). The predicted octanol–water partition coefficient (Wildman–Crippen LogP) is 1.54. The van der Waals surface area contributed by atoms with Crippen molar-refractivity contribution in [2.45, 2.75) is 38.3 Å². The largest absolute Gasteiger partial charge is 0.314 e. The van der Waals surface area contributed by atoms with Gasteiger partial charge in [-0.3, -0.25) is 5.10 Å². The topological polar surface area (TPSA) is 86.9 Å². The van der Waals surface area contributed by atoms with Crippen LogP contribution in [0.15, 0.2) is 17.0 Å². The molecule has 0 saturated heterocycles. The molecule has 3 N–H and O–H groups in total. The Hall–Kier alpha value is -1.22. The maximum absolute atomic E-state index is 12.5. The van der Waals surface area contributed by atoms with Crippen molar-refractivity contribution in [3.8, 4) is 0 Å². The Morgan fingerprint density at radius 2 is 2.00 bits per heavy atom. The summed E-state index contributed by atoms with van der Waals surface area (Å²) >= 11 is 1.63. The Bertz CT molecular complexity index is 704. The summed E-state index contributed by atoms with van der Waals surface area (Å²) in [5, 5.41) is 9.69. The molecule has 0 aliphatic carbocycles. The zero-order valence-electron chi connectivity index (χ0n) is 12.4. The highest BCUT2D eigenvalue weighted by Gasteiger charge is 2.23. The number of aryl methyl sites for hydroxylation is 2. The van der Waals surface area contributed by atoms with Gasteiger partial charge < -0.3 is 5.32 Å². The number of aromatic amines is 1. The van der Waals surface area contributed by atoms with Crippen molar-refractivity contribution >= 4 is 21.4 Å². The highest BCUT2D eigenvalue weighted by atomic mass is 32.2. The molecule has 8 heteroatoms. The van der Waals surface area contributed by atoms with Gasteiger partial charge in [-0.25, -0.2) is 13.1 Å². The van der Waals surface area contributed by atoms with Crippen LogP contribution in [0.3, 0.4) is 0 Å². The Labute approximate surface area is 129 Å². The van der Waals surface area contributed by atoms with Crippen molar-refractivity contribution in [1.29, 1.82) is 0 Å². The van der Waals surface area contributed by atoms with Crippen molar-refractivity contribution in [2.24, 2.45) is 0 Å². The van der Waals surface area contributed by atoms with Crippen molar-refractivity contribution in [3.05, 3.63) is 33.3 Å². The van der Waals surface area contributed by atoms with Crippen LogP contribution >= 0.6 is 11.3 Å². The lowest BCUT2D eigenvalue weighted by atomic mass is 10.4. The fourth-order valence-corrected chi connectivity index (χ4v) is 4.41. The summed E-state index contributed by atoms with van der Waals surface area (Å²) in [4.78, 5) is 2.50. The highest BCUT2D eigenvalue weighted by molar-refractivity contribution is 7.89. The quantitative estimate of drug-likeness (QED) is 0.719. The van der Waals surface area contributed by atoms with E-state index in [1.54, 1.807) is 25.3 Å². The molecule has 0 unspecified atom stereocenters. The number of rotatable bonds is 7. The number of H-pyrrole nitrogens is 1. The van der Waals surface area contributed by atoms with Gasteiger partial charge in [0, 0.05) is 22.8 Å². The third kappa shape index (κ3) is 3.70. The van der Waals surface area contributed by atoms with E-state index in [2.05, 4.69) is 27.2 Å². The van der Waals surface area contributed by atoms with Gasteiger partial charge in [0.2, 0.25) is 10.0 Å². The third-order valence-electron chi connectivity index (χ3n) is 3.08. The molecule has 0 radical (unpaired) electrons. The second-order valence-electron chi connectivity index (χ2n) is 4.70. The molecule has 21 heavy (non-hydrogen) atoms. The molecule has 0 aliphatic rings. The maximum atomic E-state index is 12.5. The molecule has 0 saturated carbocycles. The van der Waals surface area contributed by atoms with Crippen molar-refractivity contribution in [1.82, 2.24) is 20.2 Å². The van der Waals surface area contributed by atoms with Gasteiger partial charge in [-0.2, -0.15) is 5.10 Å². The van der Waals surface area contributed by atoms with E-state index in [0.29, 0.717) is 24.5 Å². The van der Waals surface area contributed by atoms with Crippen LogP contribution in [0.4, 0.5) is 0 Å². The summed E-state index contributed by atoms with van der Waals surface area (Å²) < 4.78 is 27.6. The van der Waals surface area contributed by atoms with E-state index in [4.69, 9.17) is 0 Å². The van der Waals surface area contributed by atoms with E-state index >= 15 is 0 Å². The van der Waals surface area contributed by atoms with Gasteiger partial charge in [-0.15, -0.1) is 11.3 Å². The molecule has 0 amide bonds. The van der Waals surface area contributed by atoms with Crippen LogP contribution in [0.25, 0.3) is 0 Å². The summed E-state index contributed by atoms with van der Waals surface area (Å²) in [5.74, 6) is 0. The van der Waals surface area contributed by atoms with Crippen molar-refractivity contribution < 1.29 is 8.42 Å². The first-order valence-corrected chi connectivity index (χ1v) is 9.03. The Kier molecular flexibility index (Phi) is 5.15. The summed E-state index contributed by atoms with van der Waals surface area (Å²) in [6.07, 6.45) is 0.963. The average molecular weight is 328 g/mol. The zero-order chi connectivity index (χ0) is 15.5. The fourth-order valence-electron chi connectivity index (χ4n) is 2.06. The van der Waals surface area contributed by atoms with E-state index in [0.717, 1.165) is 11.3 Å².